The summed E-state index contributed by atoms with van der Waals surface area (Å²) in [4.78, 5) is 9.47. The molecule has 1 radical (unpaired) electrons. The van der Waals surface area contributed by atoms with Crippen molar-refractivity contribution in [3.05, 3.63) is 28.3 Å². The molecule has 1 rings (SSSR count). The van der Waals surface area contributed by atoms with Crippen LogP contribution < -0.4 is 4.35 Å². The third-order valence-corrected chi connectivity index (χ3v) is 2.89. The second kappa shape index (κ2) is 3.63. The number of rotatable bonds is 2. The summed E-state index contributed by atoms with van der Waals surface area (Å²) < 4.78 is 19.3. The van der Waals surface area contributed by atoms with Gasteiger partial charge < -0.3 is 0 Å². The Morgan fingerprint density at radius 1 is 1.46 bits per heavy atom. The van der Waals surface area contributed by atoms with E-state index in [1.807, 2.05) is 0 Å². The molecular weight excluding hydrogens is 241 g/mol. The predicted octanol–water partition coefficient (Wildman–Crippen LogP) is -0.582. The maximum atomic E-state index is 10.6. The summed E-state index contributed by atoms with van der Waals surface area (Å²) in [5.74, 6) is -0.510. The fourth-order valence-electron chi connectivity index (χ4n) is 0.777. The third kappa shape index (κ3) is 2.10. The van der Waals surface area contributed by atoms with E-state index >= 15 is 0 Å². The average molecular weight is 246 g/mol. The molecule has 0 fully saturated rings. The Morgan fingerprint density at radius 3 is 2.54 bits per heavy atom. The van der Waals surface area contributed by atoms with E-state index < -0.39 is 31.3 Å². The molecule has 0 amide bonds. The van der Waals surface area contributed by atoms with Crippen LogP contribution in [0.4, 0.5) is 5.69 Å². The molecule has 1 atom stereocenters. The number of nitro groups is 1. The minimum atomic E-state index is -3.35. The molecular formula is C6H5AsNO5. The van der Waals surface area contributed by atoms with Gasteiger partial charge in [-0.25, -0.2) is 0 Å². The van der Waals surface area contributed by atoms with Gasteiger partial charge in [0.25, 0.3) is 0 Å². The molecule has 0 bridgehead atoms. The zero-order valence-corrected chi connectivity index (χ0v) is 8.12. The van der Waals surface area contributed by atoms with Crippen molar-refractivity contribution in [2.24, 2.45) is 0 Å². The molecule has 0 aliphatic carbocycles. The first-order valence-corrected chi connectivity index (χ1v) is 5.70. The van der Waals surface area contributed by atoms with Crippen molar-refractivity contribution < 1.29 is 17.9 Å². The summed E-state index contributed by atoms with van der Waals surface area (Å²) in [6.45, 7) is 0. The Morgan fingerprint density at radius 2 is 2.08 bits per heavy atom. The Bertz CT molecular complexity index is 377. The number of hydrogen-bond acceptors (Lipinski definition) is 4. The van der Waals surface area contributed by atoms with Crippen LogP contribution in [0.15, 0.2) is 18.2 Å². The molecule has 1 unspecified atom stereocenters. The van der Waals surface area contributed by atoms with Crippen molar-refractivity contribution >= 4 is 25.0 Å². The molecule has 1 aromatic carbocycles. The van der Waals surface area contributed by atoms with Crippen LogP contribution in [0.25, 0.3) is 0 Å². The fourth-order valence-corrected chi connectivity index (χ4v) is 1.69. The van der Waals surface area contributed by atoms with Gasteiger partial charge in [-0.2, -0.15) is 0 Å². The Hall–Kier alpha value is -1.26. The first kappa shape index (κ1) is 9.82. The molecule has 13 heavy (non-hydrogen) atoms. The van der Waals surface area contributed by atoms with Crippen LogP contribution in [0.2, 0.25) is 0 Å². The number of nitrogens with zero attached hydrogens (tertiary/aromatic N) is 1. The Labute approximate surface area is 77.4 Å². The molecule has 1 aromatic rings. The van der Waals surface area contributed by atoms with Crippen molar-refractivity contribution in [3.8, 4) is 5.75 Å². The summed E-state index contributed by atoms with van der Waals surface area (Å²) in [6.07, 6.45) is 0. The molecule has 0 spiro atoms. The number of benzene rings is 1. The number of phenolic OH excluding ortho intramolecular Hbond substituents is 1. The van der Waals surface area contributed by atoms with Crippen LogP contribution in [0.3, 0.4) is 0 Å². The van der Waals surface area contributed by atoms with Crippen LogP contribution in [-0.2, 0) is 3.74 Å². The van der Waals surface area contributed by atoms with E-state index in [-0.39, 0.29) is 4.35 Å². The summed E-state index contributed by atoms with van der Waals surface area (Å²) >= 11 is -3.35. The molecule has 69 valence electrons. The predicted molar refractivity (Wildman–Crippen MR) is 43.1 cm³/mol. The van der Waals surface area contributed by atoms with Crippen LogP contribution >= 0.6 is 0 Å². The summed E-state index contributed by atoms with van der Waals surface area (Å²) in [6, 6.07) is 3.13. The van der Waals surface area contributed by atoms with E-state index in [0.717, 1.165) is 12.1 Å². The molecule has 0 saturated carbocycles. The van der Waals surface area contributed by atoms with Gasteiger partial charge in [0, 0.05) is 0 Å². The molecule has 2 N–H and O–H groups in total. The normalized spacial score (nSPS) is 11.0. The fraction of sp³-hybridized carbons (Fsp3) is 0. The second-order valence-electron chi connectivity index (χ2n) is 2.20. The van der Waals surface area contributed by atoms with Crippen molar-refractivity contribution in [2.45, 2.75) is 0 Å². The average Bonchev–Trinajstić information content (AvgIpc) is 2.04. The van der Waals surface area contributed by atoms with Gasteiger partial charge in [-0.15, -0.1) is 0 Å². The molecule has 0 aliphatic heterocycles. The van der Waals surface area contributed by atoms with Crippen LogP contribution in [-0.4, -0.2) is 29.1 Å². The van der Waals surface area contributed by atoms with Gasteiger partial charge in [-0.3, -0.25) is 0 Å². The molecule has 7 heteroatoms. The summed E-state index contributed by atoms with van der Waals surface area (Å²) in [5, 5.41) is 19.3. The molecule has 0 saturated heterocycles. The first-order chi connectivity index (χ1) is 6.02. The molecule has 0 aromatic heterocycles. The molecule has 0 heterocycles. The molecule has 6 nitrogen and oxygen atoms in total. The van der Waals surface area contributed by atoms with E-state index in [4.69, 9.17) is 9.20 Å². The van der Waals surface area contributed by atoms with Crippen molar-refractivity contribution in [1.29, 1.82) is 0 Å². The number of nitro benzene ring substituents is 1. The SMILES string of the molecule is O=[N+]([O-])c1cc([As](=O)O)ccc1O. The van der Waals surface area contributed by atoms with Gasteiger partial charge >= 0.3 is 76.9 Å². The minimum absolute atomic E-state index is 0.00278. The van der Waals surface area contributed by atoms with Gasteiger partial charge in [0.05, 0.1) is 0 Å². The Kier molecular flexibility index (Phi) is 2.75. The monoisotopic (exact) mass is 246 g/mol. The third-order valence-electron chi connectivity index (χ3n) is 1.38. The van der Waals surface area contributed by atoms with Gasteiger partial charge in [0.2, 0.25) is 0 Å². The van der Waals surface area contributed by atoms with Crippen LogP contribution in [0.5, 0.6) is 5.75 Å². The van der Waals surface area contributed by atoms with Crippen LogP contribution in [0.1, 0.15) is 0 Å². The number of hydrogen-bond donors (Lipinski definition) is 2. The van der Waals surface area contributed by atoms with Gasteiger partial charge in [0.1, 0.15) is 0 Å². The quantitative estimate of drug-likeness (QED) is 0.413. The zero-order valence-electron chi connectivity index (χ0n) is 6.25. The van der Waals surface area contributed by atoms with Gasteiger partial charge in [0.15, 0.2) is 0 Å². The van der Waals surface area contributed by atoms with E-state index in [1.54, 1.807) is 0 Å². The summed E-state index contributed by atoms with van der Waals surface area (Å²) in [7, 11) is 0. The van der Waals surface area contributed by atoms with Crippen molar-refractivity contribution in [1.82, 2.24) is 0 Å². The number of aromatic hydroxyl groups is 1. The topological polar surface area (TPSA) is 101 Å². The van der Waals surface area contributed by atoms with E-state index in [0.29, 0.717) is 0 Å². The van der Waals surface area contributed by atoms with Gasteiger partial charge in [-0.05, 0) is 0 Å². The maximum absolute atomic E-state index is 10.6. The van der Waals surface area contributed by atoms with Crippen molar-refractivity contribution in [2.75, 3.05) is 0 Å². The van der Waals surface area contributed by atoms with Crippen LogP contribution in [0, 0.1) is 10.1 Å². The van der Waals surface area contributed by atoms with E-state index in [9.17, 15) is 13.9 Å². The number of phenols is 1. The zero-order chi connectivity index (χ0) is 10.0. The molecule has 0 aliphatic rings. The Balaban J connectivity index is 3.27. The summed E-state index contributed by atoms with van der Waals surface area (Å²) in [5.41, 5.74) is -0.554. The van der Waals surface area contributed by atoms with E-state index in [1.165, 1.54) is 6.07 Å². The second-order valence-corrected chi connectivity index (χ2v) is 4.43. The van der Waals surface area contributed by atoms with Gasteiger partial charge in [-0.1, -0.05) is 0 Å². The van der Waals surface area contributed by atoms with E-state index in [2.05, 4.69) is 0 Å². The standard InChI is InChI=1S/C6H5AsNO5/c9-6-2-1-4(7(10)11)3-5(6)8(12)13/h1-3,9H,(H,10,11). The first-order valence-electron chi connectivity index (χ1n) is 3.16. The van der Waals surface area contributed by atoms with Crippen molar-refractivity contribution in [3.63, 3.8) is 0 Å².